The van der Waals surface area contributed by atoms with Crippen LogP contribution in [0.5, 0.6) is 0 Å². The first-order chi connectivity index (χ1) is 11.5. The van der Waals surface area contributed by atoms with E-state index in [4.69, 9.17) is 0 Å². The molecule has 0 aliphatic heterocycles. The number of aryl methyl sites for hydroxylation is 2. The molecule has 126 valence electrons. The lowest BCUT2D eigenvalue weighted by atomic mass is 10.2. The monoisotopic (exact) mass is 325 g/mol. The number of fused-ring (bicyclic) bond motifs is 1. The molecule has 1 unspecified atom stereocenters. The lowest BCUT2D eigenvalue weighted by molar-refractivity contribution is 0.249. The first kappa shape index (κ1) is 16.1. The van der Waals surface area contributed by atoms with Gasteiger partial charge in [0.15, 0.2) is 0 Å². The Kier molecular flexibility index (Phi) is 4.55. The second kappa shape index (κ2) is 6.78. The molecule has 24 heavy (non-hydrogen) atoms. The molecule has 3 N–H and O–H groups in total. The zero-order valence-corrected chi connectivity index (χ0v) is 14.3. The summed E-state index contributed by atoms with van der Waals surface area (Å²) in [5.74, 6) is 0. The molecule has 0 aliphatic rings. The smallest absolute Gasteiger partial charge is 0.319 e. The lowest BCUT2D eigenvalue weighted by Gasteiger charge is -2.14. The van der Waals surface area contributed by atoms with Gasteiger partial charge in [0.25, 0.3) is 0 Å². The highest BCUT2D eigenvalue weighted by molar-refractivity contribution is 5.92. The number of benzene rings is 1. The summed E-state index contributed by atoms with van der Waals surface area (Å²) in [6.07, 6.45) is 2.75. The Hall–Kier alpha value is -2.76. The number of hydrogen-bond acceptors (Lipinski definition) is 2. The van der Waals surface area contributed by atoms with E-state index in [1.54, 1.807) is 0 Å². The molecule has 0 saturated carbocycles. The topological polar surface area (TPSA) is 74.7 Å². The van der Waals surface area contributed by atoms with Crippen LogP contribution in [0.15, 0.2) is 36.5 Å². The molecule has 6 nitrogen and oxygen atoms in total. The Bertz CT molecular complexity index is 848. The number of H-pyrrole nitrogens is 1. The van der Waals surface area contributed by atoms with Crippen molar-refractivity contribution in [3.8, 4) is 0 Å². The second-order valence-electron chi connectivity index (χ2n) is 6.12. The Labute approximate surface area is 141 Å². The van der Waals surface area contributed by atoms with Gasteiger partial charge in [-0.3, -0.25) is 5.10 Å². The van der Waals surface area contributed by atoms with Crippen molar-refractivity contribution in [1.82, 2.24) is 20.1 Å². The molecule has 3 rings (SSSR count). The van der Waals surface area contributed by atoms with Gasteiger partial charge in [-0.15, -0.1) is 0 Å². The molecule has 0 aliphatic carbocycles. The van der Waals surface area contributed by atoms with Gasteiger partial charge in [-0.1, -0.05) is 6.07 Å². The maximum absolute atomic E-state index is 12.2. The number of urea groups is 1. The Morgan fingerprint density at radius 2 is 2.17 bits per heavy atom. The average Bonchev–Trinajstić information content (AvgIpc) is 3.12. The normalized spacial score (nSPS) is 12.3. The van der Waals surface area contributed by atoms with Crippen LogP contribution in [0.2, 0.25) is 0 Å². The molecule has 3 aromatic rings. The molecule has 2 aromatic heterocycles. The van der Waals surface area contributed by atoms with Crippen LogP contribution in [0.3, 0.4) is 0 Å². The van der Waals surface area contributed by atoms with Crippen molar-refractivity contribution >= 4 is 22.6 Å². The van der Waals surface area contributed by atoms with Crippen molar-refractivity contribution in [3.05, 3.63) is 47.9 Å². The minimum absolute atomic E-state index is 0.00376. The van der Waals surface area contributed by atoms with Gasteiger partial charge in [0.2, 0.25) is 0 Å². The number of carbonyl (C=O) groups excluding carboxylic acids is 1. The predicted octanol–water partition coefficient (Wildman–Crippen LogP) is 3.45. The fraction of sp³-hybridized carbons (Fsp3) is 0.333. The lowest BCUT2D eigenvalue weighted by Crippen LogP contribution is -2.37. The minimum Gasteiger partial charge on any atom is -0.348 e. The van der Waals surface area contributed by atoms with Crippen LogP contribution in [0, 0.1) is 6.92 Å². The summed E-state index contributed by atoms with van der Waals surface area (Å²) >= 11 is 0. The molecular formula is C18H23N5O. The Morgan fingerprint density at radius 1 is 1.33 bits per heavy atom. The van der Waals surface area contributed by atoms with Crippen LogP contribution in [0.25, 0.3) is 10.9 Å². The van der Waals surface area contributed by atoms with E-state index in [9.17, 15) is 4.79 Å². The highest BCUT2D eigenvalue weighted by atomic mass is 16.2. The predicted molar refractivity (Wildman–Crippen MR) is 96.3 cm³/mol. The van der Waals surface area contributed by atoms with Crippen molar-refractivity contribution in [3.63, 3.8) is 0 Å². The number of nitrogens with one attached hydrogen (secondary N) is 3. The molecule has 2 amide bonds. The van der Waals surface area contributed by atoms with E-state index < -0.39 is 0 Å². The van der Waals surface area contributed by atoms with Gasteiger partial charge in [0, 0.05) is 36.6 Å². The summed E-state index contributed by atoms with van der Waals surface area (Å²) in [4.78, 5) is 12.2. The van der Waals surface area contributed by atoms with E-state index >= 15 is 0 Å². The van der Waals surface area contributed by atoms with Crippen LogP contribution in [0.4, 0.5) is 10.5 Å². The number of hydrogen-bond donors (Lipinski definition) is 3. The summed E-state index contributed by atoms with van der Waals surface area (Å²) < 4.78 is 2.15. The van der Waals surface area contributed by atoms with E-state index in [0.29, 0.717) is 6.42 Å². The summed E-state index contributed by atoms with van der Waals surface area (Å²) in [6, 6.07) is 9.80. The number of anilines is 1. The number of rotatable bonds is 5. The van der Waals surface area contributed by atoms with Gasteiger partial charge in [0.1, 0.15) is 0 Å². The summed E-state index contributed by atoms with van der Waals surface area (Å²) in [5, 5.41) is 14.1. The van der Waals surface area contributed by atoms with E-state index in [1.165, 1.54) is 5.39 Å². The number of aromatic nitrogens is 3. The fourth-order valence-corrected chi connectivity index (χ4v) is 2.87. The quantitative estimate of drug-likeness (QED) is 0.672. The summed E-state index contributed by atoms with van der Waals surface area (Å²) in [7, 11) is 0. The first-order valence-electron chi connectivity index (χ1n) is 8.22. The van der Waals surface area contributed by atoms with E-state index in [0.717, 1.165) is 29.1 Å². The van der Waals surface area contributed by atoms with Crippen LogP contribution >= 0.6 is 0 Å². The number of aromatic amines is 1. The first-order valence-corrected chi connectivity index (χ1v) is 8.22. The third-order valence-electron chi connectivity index (χ3n) is 4.02. The highest BCUT2D eigenvalue weighted by Crippen LogP contribution is 2.20. The zero-order chi connectivity index (χ0) is 17.1. The Morgan fingerprint density at radius 3 is 2.88 bits per heavy atom. The molecule has 2 heterocycles. The maximum Gasteiger partial charge on any atom is 0.319 e. The van der Waals surface area contributed by atoms with Crippen LogP contribution in [-0.2, 0) is 13.0 Å². The van der Waals surface area contributed by atoms with Crippen LogP contribution < -0.4 is 10.6 Å². The highest BCUT2D eigenvalue weighted by Gasteiger charge is 2.10. The van der Waals surface area contributed by atoms with Gasteiger partial charge in [-0.2, -0.15) is 5.10 Å². The molecule has 0 bridgehead atoms. The van der Waals surface area contributed by atoms with E-state index in [-0.39, 0.29) is 12.1 Å². The molecule has 6 heteroatoms. The van der Waals surface area contributed by atoms with Gasteiger partial charge < -0.3 is 15.2 Å². The van der Waals surface area contributed by atoms with E-state index in [1.807, 2.05) is 38.1 Å². The molecule has 0 spiro atoms. The van der Waals surface area contributed by atoms with Crippen molar-refractivity contribution in [1.29, 1.82) is 0 Å². The SMILES string of the molecule is CCn1ccc2ccc(NC(=O)NC(C)Cc3cc(C)[nH]n3)cc21. The minimum atomic E-state index is -0.205. The third kappa shape index (κ3) is 3.59. The van der Waals surface area contributed by atoms with Gasteiger partial charge in [-0.05, 0) is 50.4 Å². The average molecular weight is 325 g/mol. The largest absolute Gasteiger partial charge is 0.348 e. The summed E-state index contributed by atoms with van der Waals surface area (Å²) in [6.45, 7) is 6.93. The second-order valence-corrected chi connectivity index (χ2v) is 6.12. The maximum atomic E-state index is 12.2. The van der Waals surface area contributed by atoms with Gasteiger partial charge >= 0.3 is 6.03 Å². The molecular weight excluding hydrogens is 302 g/mol. The van der Waals surface area contributed by atoms with Gasteiger partial charge in [0.05, 0.1) is 11.2 Å². The third-order valence-corrected chi connectivity index (χ3v) is 4.02. The van der Waals surface area contributed by atoms with Gasteiger partial charge in [-0.25, -0.2) is 4.79 Å². The number of amides is 2. The molecule has 0 radical (unpaired) electrons. The van der Waals surface area contributed by atoms with Crippen molar-refractivity contribution in [2.75, 3.05) is 5.32 Å². The fourth-order valence-electron chi connectivity index (χ4n) is 2.87. The van der Waals surface area contributed by atoms with Crippen molar-refractivity contribution in [2.45, 2.75) is 39.8 Å². The van der Waals surface area contributed by atoms with E-state index in [2.05, 4.69) is 44.6 Å². The molecule has 1 aromatic carbocycles. The van der Waals surface area contributed by atoms with Crippen molar-refractivity contribution in [2.24, 2.45) is 0 Å². The summed E-state index contributed by atoms with van der Waals surface area (Å²) in [5.41, 5.74) is 3.88. The number of nitrogens with zero attached hydrogens (tertiary/aromatic N) is 2. The van der Waals surface area contributed by atoms with Crippen LogP contribution in [0.1, 0.15) is 25.2 Å². The number of carbonyl (C=O) groups is 1. The Balaban J connectivity index is 1.61. The molecule has 0 saturated heterocycles. The molecule has 1 atom stereocenters. The standard InChI is InChI=1S/C18H23N5O/c1-4-23-8-7-14-5-6-15(11-17(14)23)20-18(24)19-12(2)9-16-10-13(3)21-22-16/h5-8,10-12H,4,9H2,1-3H3,(H,21,22)(H2,19,20,24). The zero-order valence-electron chi connectivity index (χ0n) is 14.3. The van der Waals surface area contributed by atoms with Crippen LogP contribution in [-0.4, -0.2) is 26.8 Å². The molecule has 0 fully saturated rings. The van der Waals surface area contributed by atoms with Crippen molar-refractivity contribution < 1.29 is 4.79 Å².